The topological polar surface area (TPSA) is 89.8 Å². The van der Waals surface area contributed by atoms with Crippen LogP contribution in [0.3, 0.4) is 0 Å². The molecule has 0 spiro atoms. The predicted molar refractivity (Wildman–Crippen MR) is 64.3 cm³/mol. The minimum absolute atomic E-state index is 0.143. The molecule has 1 aromatic carbocycles. The molecule has 0 unspecified atom stereocenters. The highest BCUT2D eigenvalue weighted by molar-refractivity contribution is 5.82. The largest absolute Gasteiger partial charge is 0.504 e. The second-order valence-electron chi connectivity index (χ2n) is 4.49. The summed E-state index contributed by atoms with van der Waals surface area (Å²) in [5.41, 5.74) is -0.692. The van der Waals surface area contributed by atoms with Crippen LogP contribution in [0.2, 0.25) is 0 Å². The van der Waals surface area contributed by atoms with Gasteiger partial charge < -0.3 is 20.6 Å². The van der Waals surface area contributed by atoms with Crippen LogP contribution in [0.15, 0.2) is 18.2 Å². The number of phenols is 2. The lowest BCUT2D eigenvalue weighted by Crippen LogP contribution is -2.48. The quantitative estimate of drug-likeness (QED) is 0.476. The molecular formula is C12H17NO4. The van der Waals surface area contributed by atoms with E-state index in [1.165, 1.54) is 18.2 Å². The van der Waals surface area contributed by atoms with E-state index in [1.807, 2.05) is 0 Å². The second kappa shape index (κ2) is 4.53. The van der Waals surface area contributed by atoms with E-state index in [-0.39, 0.29) is 17.4 Å². The van der Waals surface area contributed by atoms with Gasteiger partial charge in [-0.05, 0) is 25.0 Å². The molecule has 0 aliphatic carbocycles. The molecule has 4 N–H and O–H groups in total. The van der Waals surface area contributed by atoms with Gasteiger partial charge in [0.05, 0.1) is 0 Å². The molecule has 0 heterocycles. The molecule has 5 heteroatoms. The number of anilines is 1. The van der Waals surface area contributed by atoms with Crippen LogP contribution < -0.4 is 5.32 Å². The zero-order valence-electron chi connectivity index (χ0n) is 10.1. The van der Waals surface area contributed by atoms with Gasteiger partial charge >= 0.3 is 5.97 Å². The number of aromatic hydroxyl groups is 2. The van der Waals surface area contributed by atoms with Crippen LogP contribution in [-0.2, 0) is 4.79 Å². The van der Waals surface area contributed by atoms with E-state index >= 15 is 0 Å². The van der Waals surface area contributed by atoms with E-state index in [1.54, 1.807) is 20.8 Å². The molecule has 1 rings (SSSR count). The fraction of sp³-hybridized carbons (Fsp3) is 0.417. The Hall–Kier alpha value is -1.91. The SMILES string of the molecule is CC(C)[C@](C)(Nc1ccc(O)c(O)c1)C(=O)O. The van der Waals surface area contributed by atoms with Gasteiger partial charge in [-0.2, -0.15) is 0 Å². The Bertz CT molecular complexity index is 431. The third-order valence-corrected chi connectivity index (χ3v) is 2.98. The number of carboxylic acid groups (broad SMARTS) is 1. The first-order valence-corrected chi connectivity index (χ1v) is 5.31. The number of hydrogen-bond acceptors (Lipinski definition) is 4. The maximum Gasteiger partial charge on any atom is 0.329 e. The minimum atomic E-state index is -1.14. The summed E-state index contributed by atoms with van der Waals surface area (Å²) in [4.78, 5) is 11.2. The molecule has 0 radical (unpaired) electrons. The molecule has 0 saturated heterocycles. The van der Waals surface area contributed by atoms with Crippen molar-refractivity contribution < 1.29 is 20.1 Å². The van der Waals surface area contributed by atoms with E-state index in [9.17, 15) is 15.0 Å². The van der Waals surface area contributed by atoms with Gasteiger partial charge in [-0.3, -0.25) is 0 Å². The highest BCUT2D eigenvalue weighted by Gasteiger charge is 2.36. The maximum atomic E-state index is 11.2. The third-order valence-electron chi connectivity index (χ3n) is 2.98. The van der Waals surface area contributed by atoms with Crippen molar-refractivity contribution in [3.63, 3.8) is 0 Å². The van der Waals surface area contributed by atoms with Crippen LogP contribution in [0.25, 0.3) is 0 Å². The van der Waals surface area contributed by atoms with Crippen LogP contribution >= 0.6 is 0 Å². The summed E-state index contributed by atoms with van der Waals surface area (Å²) in [6.45, 7) is 5.16. The minimum Gasteiger partial charge on any atom is -0.504 e. The van der Waals surface area contributed by atoms with Gasteiger partial charge in [0.25, 0.3) is 0 Å². The van der Waals surface area contributed by atoms with Crippen molar-refractivity contribution in [2.75, 3.05) is 5.32 Å². The second-order valence-corrected chi connectivity index (χ2v) is 4.49. The van der Waals surface area contributed by atoms with Crippen LogP contribution in [0.4, 0.5) is 5.69 Å². The van der Waals surface area contributed by atoms with Crippen molar-refractivity contribution in [2.24, 2.45) is 5.92 Å². The summed E-state index contributed by atoms with van der Waals surface area (Å²) >= 11 is 0. The molecule has 17 heavy (non-hydrogen) atoms. The summed E-state index contributed by atoms with van der Waals surface area (Å²) < 4.78 is 0. The normalized spacial score (nSPS) is 14.4. The molecule has 0 amide bonds. The Morgan fingerprint density at radius 1 is 1.29 bits per heavy atom. The molecule has 0 aliphatic heterocycles. The fourth-order valence-electron chi connectivity index (χ4n) is 1.35. The molecule has 94 valence electrons. The van der Waals surface area contributed by atoms with Gasteiger partial charge in [0, 0.05) is 11.8 Å². The van der Waals surface area contributed by atoms with E-state index in [2.05, 4.69) is 5.32 Å². The number of carbonyl (C=O) groups is 1. The van der Waals surface area contributed by atoms with Gasteiger partial charge in [-0.15, -0.1) is 0 Å². The van der Waals surface area contributed by atoms with Crippen molar-refractivity contribution >= 4 is 11.7 Å². The number of phenolic OH excluding ortho intramolecular Hbond substituents is 2. The number of benzene rings is 1. The summed E-state index contributed by atoms with van der Waals surface area (Å²) in [5.74, 6) is -1.64. The Labute approximate surface area is 99.7 Å². The highest BCUT2D eigenvalue weighted by atomic mass is 16.4. The lowest BCUT2D eigenvalue weighted by atomic mass is 9.88. The average molecular weight is 239 g/mol. The molecule has 1 atom stereocenters. The molecule has 0 fully saturated rings. The molecule has 0 saturated carbocycles. The van der Waals surface area contributed by atoms with E-state index < -0.39 is 11.5 Å². The first-order valence-electron chi connectivity index (χ1n) is 5.31. The zero-order chi connectivity index (χ0) is 13.2. The molecule has 0 bridgehead atoms. The first-order chi connectivity index (χ1) is 7.77. The van der Waals surface area contributed by atoms with Crippen LogP contribution in [-0.4, -0.2) is 26.8 Å². The van der Waals surface area contributed by atoms with E-state index in [0.717, 1.165) is 0 Å². The number of rotatable bonds is 4. The molecule has 0 aromatic heterocycles. The van der Waals surface area contributed by atoms with Crippen molar-refractivity contribution in [3.8, 4) is 11.5 Å². The van der Waals surface area contributed by atoms with Gasteiger partial charge in [-0.1, -0.05) is 13.8 Å². The Morgan fingerprint density at radius 3 is 2.29 bits per heavy atom. The Morgan fingerprint density at radius 2 is 1.88 bits per heavy atom. The summed E-state index contributed by atoms with van der Waals surface area (Å²) in [5, 5.41) is 30.6. The average Bonchev–Trinajstić information content (AvgIpc) is 2.22. The number of aliphatic carboxylic acids is 1. The van der Waals surface area contributed by atoms with Crippen molar-refractivity contribution in [1.82, 2.24) is 0 Å². The van der Waals surface area contributed by atoms with Crippen molar-refractivity contribution in [1.29, 1.82) is 0 Å². The van der Waals surface area contributed by atoms with Crippen molar-refractivity contribution in [2.45, 2.75) is 26.3 Å². The van der Waals surface area contributed by atoms with Crippen LogP contribution in [0, 0.1) is 5.92 Å². The number of hydrogen-bond donors (Lipinski definition) is 4. The lowest BCUT2D eigenvalue weighted by Gasteiger charge is -2.31. The van der Waals surface area contributed by atoms with E-state index in [4.69, 9.17) is 5.11 Å². The number of nitrogens with one attached hydrogen (secondary N) is 1. The van der Waals surface area contributed by atoms with Gasteiger partial charge in [-0.25, -0.2) is 4.79 Å². The summed E-state index contributed by atoms with van der Waals surface area (Å²) in [6, 6.07) is 4.11. The fourth-order valence-corrected chi connectivity index (χ4v) is 1.35. The summed E-state index contributed by atoms with van der Waals surface area (Å²) in [6.07, 6.45) is 0. The van der Waals surface area contributed by atoms with Gasteiger partial charge in [0.1, 0.15) is 5.54 Å². The van der Waals surface area contributed by atoms with Gasteiger partial charge in [0.15, 0.2) is 11.5 Å². The summed E-state index contributed by atoms with van der Waals surface area (Å²) in [7, 11) is 0. The van der Waals surface area contributed by atoms with Crippen LogP contribution in [0.5, 0.6) is 11.5 Å². The third kappa shape index (κ3) is 2.61. The maximum absolute atomic E-state index is 11.2. The zero-order valence-corrected chi connectivity index (χ0v) is 10.1. The highest BCUT2D eigenvalue weighted by Crippen LogP contribution is 2.30. The predicted octanol–water partition coefficient (Wildman–Crippen LogP) is 2.01. The molecular weight excluding hydrogens is 222 g/mol. The van der Waals surface area contributed by atoms with E-state index in [0.29, 0.717) is 5.69 Å². The van der Waals surface area contributed by atoms with Crippen LogP contribution in [0.1, 0.15) is 20.8 Å². The lowest BCUT2D eigenvalue weighted by molar-refractivity contribution is -0.143. The molecule has 0 aliphatic rings. The Balaban J connectivity index is 3.02. The van der Waals surface area contributed by atoms with Gasteiger partial charge in [0.2, 0.25) is 0 Å². The molecule has 5 nitrogen and oxygen atoms in total. The first kappa shape index (κ1) is 13.2. The smallest absolute Gasteiger partial charge is 0.329 e. The van der Waals surface area contributed by atoms with Crippen molar-refractivity contribution in [3.05, 3.63) is 18.2 Å². The monoisotopic (exact) mass is 239 g/mol. The number of carboxylic acids is 1. The molecule has 1 aromatic rings. The Kier molecular flexibility index (Phi) is 3.50. The standard InChI is InChI=1S/C12H17NO4/c1-7(2)12(3,11(16)17)13-8-4-5-9(14)10(15)6-8/h4-7,13-15H,1-3H3,(H,16,17)/t12-/m0/s1.